The van der Waals surface area contributed by atoms with Crippen molar-refractivity contribution in [3.05, 3.63) is 170 Å². The molecule has 0 unspecified atom stereocenters. The number of hydrogen-bond acceptors (Lipinski definition) is 4. The van der Waals surface area contributed by atoms with Crippen LogP contribution in [0.15, 0.2) is 170 Å². The van der Waals surface area contributed by atoms with Crippen molar-refractivity contribution in [1.82, 2.24) is 0 Å². The molecule has 0 aliphatic heterocycles. The molecule has 0 amide bonds. The van der Waals surface area contributed by atoms with Crippen LogP contribution in [-0.2, 0) is 20.4 Å². The summed E-state index contributed by atoms with van der Waals surface area (Å²) >= 11 is 0. The summed E-state index contributed by atoms with van der Waals surface area (Å²) in [6.45, 7) is 25.8. The molecule has 0 saturated carbocycles. The first-order chi connectivity index (χ1) is 32.4. The summed E-state index contributed by atoms with van der Waals surface area (Å²) in [5.41, 5.74) is 7.79. The van der Waals surface area contributed by atoms with Gasteiger partial charge in [0.2, 0.25) is 0 Å². The van der Waals surface area contributed by atoms with Gasteiger partial charge in [0, 0.05) is 75.1 Å². The Morgan fingerprint density at radius 1 is 0.290 bits per heavy atom. The Balaban J connectivity index is 0.00000296. The molecule has 8 rings (SSSR count). The van der Waals surface area contributed by atoms with Crippen LogP contribution in [0, 0.1) is 0 Å². The molecule has 9 heteroatoms. The summed E-state index contributed by atoms with van der Waals surface area (Å²) in [4.78, 5) is 9.78. The van der Waals surface area contributed by atoms with Crippen LogP contribution in [0.4, 0.5) is 22.7 Å². The van der Waals surface area contributed by atoms with Gasteiger partial charge in [-0.3, -0.25) is 0 Å². The Morgan fingerprint density at radius 3 is 0.754 bits per heavy atom. The van der Waals surface area contributed by atoms with Crippen LogP contribution in [0.3, 0.4) is 0 Å². The van der Waals surface area contributed by atoms with Crippen molar-refractivity contribution in [3.8, 4) is 11.1 Å². The number of fused-ring (bicyclic) bond motifs is 2. The van der Waals surface area contributed by atoms with Crippen LogP contribution in [0.25, 0.3) is 32.7 Å². The van der Waals surface area contributed by atoms with E-state index in [0.29, 0.717) is 0 Å². The van der Waals surface area contributed by atoms with E-state index >= 15 is 0 Å². The minimum Gasteiger partial charge on any atom is -1.00 e. The number of halogens is 2. The van der Waals surface area contributed by atoms with E-state index < -0.39 is 15.8 Å². The van der Waals surface area contributed by atoms with Crippen LogP contribution in [0.1, 0.15) is 55.4 Å². The first-order valence-electron chi connectivity index (χ1n) is 24.4. The van der Waals surface area contributed by atoms with E-state index in [1.807, 2.05) is 0 Å². The van der Waals surface area contributed by atoms with Gasteiger partial charge < -0.3 is 44.4 Å². The molecular formula is C60H68Cl2N4P2Pd. The van der Waals surface area contributed by atoms with Gasteiger partial charge >= 0.3 is 20.4 Å². The van der Waals surface area contributed by atoms with Gasteiger partial charge in [0.1, 0.15) is 0 Å². The Labute approximate surface area is 442 Å². The zero-order chi connectivity index (χ0) is 46.2. The molecule has 362 valence electrons. The number of nitrogens with zero attached hydrogens (tertiary/aromatic N) is 4. The molecule has 4 nitrogen and oxygen atoms in total. The molecule has 0 fully saturated rings. The summed E-state index contributed by atoms with van der Waals surface area (Å²) in [7, 11) is -2.02. The van der Waals surface area contributed by atoms with Gasteiger partial charge in [0.05, 0.1) is 0 Å². The van der Waals surface area contributed by atoms with Gasteiger partial charge in [-0.15, -0.1) is 0 Å². The van der Waals surface area contributed by atoms with E-state index in [9.17, 15) is 0 Å². The average molecular weight is 1080 g/mol. The minimum atomic E-state index is -1.01. The summed E-state index contributed by atoms with van der Waals surface area (Å²) in [5, 5.41) is 13.3. The van der Waals surface area contributed by atoms with E-state index in [4.69, 9.17) is 0 Å². The van der Waals surface area contributed by atoms with Crippen LogP contribution in [-0.4, -0.2) is 52.4 Å². The summed E-state index contributed by atoms with van der Waals surface area (Å²) in [6.07, 6.45) is 0. The first-order valence-corrected chi connectivity index (χ1v) is 27.1. The SMILES string of the molecule is CCN(CC)c1ccc(P(c2ccc(N(CC)CC)cc2)c2ccc3ccccc3c2-c2c(P(c3ccc(N(CC)CC)cc3)c3ccc(N(CC)CC)cc3)ccc3ccccc23)cc1.[Cl-].[Cl-].[Pd+2]. The maximum Gasteiger partial charge on any atom is 2.00 e. The van der Waals surface area contributed by atoms with Crippen molar-refractivity contribution in [2.24, 2.45) is 0 Å². The molecule has 0 radical (unpaired) electrons. The predicted octanol–water partition coefficient (Wildman–Crippen LogP) is 6.57. The maximum atomic E-state index is 2.48. The average Bonchev–Trinajstić information content (AvgIpc) is 3.37. The zero-order valence-corrected chi connectivity index (χ0v) is 46.4. The molecule has 0 aliphatic rings. The second kappa shape index (κ2) is 26.2. The second-order valence-corrected chi connectivity index (χ2v) is 21.2. The van der Waals surface area contributed by atoms with E-state index in [1.54, 1.807) is 0 Å². The fourth-order valence-corrected chi connectivity index (χ4v) is 14.7. The second-order valence-electron chi connectivity index (χ2n) is 16.8. The van der Waals surface area contributed by atoms with Gasteiger partial charge in [-0.2, -0.15) is 0 Å². The van der Waals surface area contributed by atoms with Crippen LogP contribution < -0.4 is 76.2 Å². The van der Waals surface area contributed by atoms with E-state index in [0.717, 1.165) is 52.4 Å². The fraction of sp³-hybridized carbons (Fsp3) is 0.267. The molecule has 0 N–H and O–H groups in total. The van der Waals surface area contributed by atoms with Crippen molar-refractivity contribution in [1.29, 1.82) is 0 Å². The topological polar surface area (TPSA) is 13.0 Å². The van der Waals surface area contributed by atoms with Crippen LogP contribution >= 0.6 is 15.8 Å². The third-order valence-corrected chi connectivity index (χ3v) is 18.5. The van der Waals surface area contributed by atoms with Gasteiger partial charge in [-0.1, -0.05) is 121 Å². The molecule has 0 saturated heterocycles. The molecule has 0 heterocycles. The molecule has 8 aromatic rings. The van der Waals surface area contributed by atoms with Crippen molar-refractivity contribution in [3.63, 3.8) is 0 Å². The van der Waals surface area contributed by atoms with Gasteiger partial charge in [-0.25, -0.2) is 0 Å². The van der Waals surface area contributed by atoms with E-state index in [-0.39, 0.29) is 45.2 Å². The van der Waals surface area contributed by atoms with Crippen molar-refractivity contribution < 1.29 is 45.2 Å². The number of benzene rings is 8. The number of rotatable bonds is 19. The smallest absolute Gasteiger partial charge is 1.00 e. The van der Waals surface area contributed by atoms with Crippen LogP contribution in [0.5, 0.6) is 0 Å². The third-order valence-electron chi connectivity index (χ3n) is 13.5. The Bertz CT molecular complexity index is 2520. The molecular weight excluding hydrogens is 1020 g/mol. The normalized spacial score (nSPS) is 11.0. The standard InChI is InChI=1S/C60H68N4P2.2ClH.Pd/c1-9-61(10-2)47-27-35-51(36-28-47)65(52-37-29-48(30-38-52)62(11-3)12-4)57-43-25-45-21-17-19-23-55(45)59(57)60-56-24-20-18-22-46(56)26-44-58(60)66(53-39-31-49(32-40-53)63(13-5)14-6)54-41-33-50(34-42-54)64(15-7)16-8;;;/h17-44H,9-16H2,1-8H3;2*1H;/q;;;+2/p-2. The quantitative estimate of drug-likeness (QED) is 0.0673. The summed E-state index contributed by atoms with van der Waals surface area (Å²) < 4.78 is 0. The van der Waals surface area contributed by atoms with E-state index in [1.165, 1.54) is 87.2 Å². The van der Waals surface area contributed by atoms with Crippen molar-refractivity contribution in [2.45, 2.75) is 55.4 Å². The third kappa shape index (κ3) is 11.7. The molecule has 0 spiro atoms. The first kappa shape index (κ1) is 55.5. The largest absolute Gasteiger partial charge is 2.00 e. The van der Waals surface area contributed by atoms with Crippen LogP contribution in [0.2, 0.25) is 0 Å². The van der Waals surface area contributed by atoms with Gasteiger partial charge in [0.15, 0.2) is 0 Å². The zero-order valence-electron chi connectivity index (χ0n) is 41.6. The maximum absolute atomic E-state index is 2.48. The Kier molecular flexibility index (Phi) is 21.0. The van der Waals surface area contributed by atoms with Crippen molar-refractivity contribution >= 4 is 92.0 Å². The van der Waals surface area contributed by atoms with E-state index in [2.05, 4.69) is 245 Å². The molecule has 0 bridgehead atoms. The van der Waals surface area contributed by atoms with Gasteiger partial charge in [0.25, 0.3) is 0 Å². The molecule has 8 aromatic carbocycles. The molecule has 0 aliphatic carbocycles. The number of anilines is 4. The monoisotopic (exact) mass is 1080 g/mol. The fourth-order valence-electron chi connectivity index (χ4n) is 9.88. The molecule has 0 aromatic heterocycles. The summed E-state index contributed by atoms with van der Waals surface area (Å²) in [6, 6.07) is 66.1. The summed E-state index contributed by atoms with van der Waals surface area (Å²) in [5.74, 6) is 0. The predicted molar refractivity (Wildman–Crippen MR) is 299 cm³/mol. The molecule has 69 heavy (non-hydrogen) atoms. The van der Waals surface area contributed by atoms with Crippen molar-refractivity contribution in [2.75, 3.05) is 72.0 Å². The van der Waals surface area contributed by atoms with Gasteiger partial charge in [-0.05, 0) is 184 Å². The Morgan fingerprint density at radius 2 is 0.522 bits per heavy atom. The number of hydrogen-bond donors (Lipinski definition) is 0. The minimum absolute atomic E-state index is 0. The Hall–Kier alpha value is -4.42. The molecule has 0 atom stereocenters.